The van der Waals surface area contributed by atoms with Gasteiger partial charge in [-0.25, -0.2) is 19.2 Å². The van der Waals surface area contributed by atoms with Crippen LogP contribution in [0.2, 0.25) is 0 Å². The molecule has 32 heavy (non-hydrogen) atoms. The third kappa shape index (κ3) is 3.92. The Bertz CT molecular complexity index is 1200. The maximum atomic E-state index is 14.4. The molecular formula is C23H23FN6O2. The van der Waals surface area contributed by atoms with E-state index in [-0.39, 0.29) is 23.3 Å². The van der Waals surface area contributed by atoms with Gasteiger partial charge in [0.25, 0.3) is 5.91 Å². The van der Waals surface area contributed by atoms with Crippen molar-refractivity contribution in [1.29, 1.82) is 0 Å². The molecule has 8 nitrogen and oxygen atoms in total. The Kier molecular flexibility index (Phi) is 5.88. The minimum absolute atomic E-state index is 0.0596. The predicted molar refractivity (Wildman–Crippen MR) is 117 cm³/mol. The number of methoxy groups -OCH3 is 1. The number of likely N-dealkylation sites (tertiary alicyclic amines) is 1. The average Bonchev–Trinajstić information content (AvgIpc) is 3.15. The number of pyridine rings is 1. The van der Waals surface area contributed by atoms with E-state index in [9.17, 15) is 9.18 Å². The smallest absolute Gasteiger partial charge is 0.274 e. The Labute approximate surface area is 185 Å². The molecule has 0 bridgehead atoms. The molecule has 9 heteroatoms. The number of nitrogens with zero attached hydrogens (tertiary/aromatic N) is 5. The number of hydrogen-bond donors (Lipinski definition) is 1. The molecule has 3 aromatic rings. The van der Waals surface area contributed by atoms with Gasteiger partial charge in [0.1, 0.15) is 17.3 Å². The monoisotopic (exact) mass is 434 g/mol. The van der Waals surface area contributed by atoms with Crippen LogP contribution < -0.4 is 10.5 Å². The number of ether oxygens (including phenoxy) is 1. The topological polar surface area (TPSA) is 90.6 Å². The molecule has 1 aromatic carbocycles. The predicted octanol–water partition coefficient (Wildman–Crippen LogP) is 3.50. The van der Waals surface area contributed by atoms with Crippen LogP contribution in [-0.2, 0) is 0 Å². The van der Waals surface area contributed by atoms with Crippen LogP contribution in [0.5, 0.6) is 5.88 Å². The molecule has 164 valence electrons. The van der Waals surface area contributed by atoms with Crippen molar-refractivity contribution in [2.75, 3.05) is 20.2 Å². The minimum atomic E-state index is -0.646. The normalized spacial score (nSPS) is 16.0. The summed E-state index contributed by atoms with van der Waals surface area (Å²) in [6.07, 6.45) is 3.32. The third-order valence-electron chi connectivity index (χ3n) is 5.57. The van der Waals surface area contributed by atoms with Crippen LogP contribution in [0.25, 0.3) is 21.9 Å². The fourth-order valence-corrected chi connectivity index (χ4v) is 3.92. The van der Waals surface area contributed by atoms with Crippen LogP contribution in [0.4, 0.5) is 10.1 Å². The van der Waals surface area contributed by atoms with Crippen LogP contribution >= 0.6 is 0 Å². The van der Waals surface area contributed by atoms with Crippen LogP contribution in [0, 0.1) is 19.3 Å². The standard InChI is InChI=1S/C23H23FN6O2/c1-14-21(23(31)29-10-4-5-16(25)13-29)28-22(15-6-8-19(26-2)18(24)11-15)30(14)17-7-9-20(32-3)27-12-17/h6-9,11-12,16H,4-5,10,13,25H2,1,3H3/t16-/m0/s1. The van der Waals surface area contributed by atoms with Gasteiger partial charge in [0, 0.05) is 30.8 Å². The summed E-state index contributed by atoms with van der Waals surface area (Å²) in [5.41, 5.74) is 7.96. The highest BCUT2D eigenvalue weighted by Crippen LogP contribution is 2.30. The summed E-state index contributed by atoms with van der Waals surface area (Å²) >= 11 is 0. The summed E-state index contributed by atoms with van der Waals surface area (Å²) in [6, 6.07) is 7.72. The molecule has 2 aromatic heterocycles. The molecule has 0 spiro atoms. The van der Waals surface area contributed by atoms with E-state index in [4.69, 9.17) is 17.0 Å². The molecule has 1 aliphatic heterocycles. The molecule has 1 fully saturated rings. The lowest BCUT2D eigenvalue weighted by Gasteiger charge is -2.30. The van der Waals surface area contributed by atoms with E-state index < -0.39 is 5.82 Å². The van der Waals surface area contributed by atoms with E-state index in [0.717, 1.165) is 12.8 Å². The van der Waals surface area contributed by atoms with Gasteiger partial charge in [-0.2, -0.15) is 0 Å². The lowest BCUT2D eigenvalue weighted by molar-refractivity contribution is 0.0702. The van der Waals surface area contributed by atoms with Crippen LogP contribution in [0.1, 0.15) is 29.0 Å². The van der Waals surface area contributed by atoms with Gasteiger partial charge in [0.2, 0.25) is 11.6 Å². The molecule has 2 N–H and O–H groups in total. The van der Waals surface area contributed by atoms with Crippen molar-refractivity contribution < 1.29 is 13.9 Å². The first-order valence-corrected chi connectivity index (χ1v) is 10.2. The van der Waals surface area contributed by atoms with E-state index in [1.807, 2.05) is 0 Å². The van der Waals surface area contributed by atoms with Crippen molar-refractivity contribution in [3.8, 4) is 23.0 Å². The van der Waals surface area contributed by atoms with E-state index >= 15 is 0 Å². The van der Waals surface area contributed by atoms with Gasteiger partial charge in [-0.15, -0.1) is 0 Å². The summed E-state index contributed by atoms with van der Waals surface area (Å²) in [5, 5.41) is 0. The largest absolute Gasteiger partial charge is 0.481 e. The molecule has 0 aliphatic carbocycles. The van der Waals surface area contributed by atoms with Gasteiger partial charge >= 0.3 is 0 Å². The quantitative estimate of drug-likeness (QED) is 0.635. The number of piperidine rings is 1. The molecule has 1 aliphatic rings. The number of rotatable bonds is 4. The summed E-state index contributed by atoms with van der Waals surface area (Å²) in [5.74, 6) is -0.0292. The number of benzene rings is 1. The van der Waals surface area contributed by atoms with E-state index in [0.29, 0.717) is 41.7 Å². The van der Waals surface area contributed by atoms with Crippen molar-refractivity contribution in [3.05, 3.63) is 65.2 Å². The first-order valence-electron chi connectivity index (χ1n) is 10.2. The highest BCUT2D eigenvalue weighted by molar-refractivity contribution is 5.94. The molecular weight excluding hydrogens is 411 g/mol. The van der Waals surface area contributed by atoms with Crippen LogP contribution in [0.15, 0.2) is 36.5 Å². The second-order valence-electron chi connectivity index (χ2n) is 7.70. The molecule has 0 unspecified atom stereocenters. The fourth-order valence-electron chi connectivity index (χ4n) is 3.92. The Balaban J connectivity index is 1.85. The summed E-state index contributed by atoms with van der Waals surface area (Å²) in [4.78, 5) is 27.1. The Morgan fingerprint density at radius 3 is 2.78 bits per heavy atom. The summed E-state index contributed by atoms with van der Waals surface area (Å²) < 4.78 is 21.3. The van der Waals surface area contributed by atoms with E-state index in [1.165, 1.54) is 19.2 Å². The molecule has 1 atom stereocenters. The lowest BCUT2D eigenvalue weighted by atomic mass is 10.1. The SMILES string of the molecule is [C-]#[N+]c1ccc(-c2nc(C(=O)N3CCC[C@H](N)C3)c(C)n2-c2ccc(OC)nc2)cc1F. The highest BCUT2D eigenvalue weighted by atomic mass is 19.1. The number of carbonyl (C=O) groups excluding carboxylic acids is 1. The zero-order chi connectivity index (χ0) is 22.8. The van der Waals surface area contributed by atoms with E-state index in [2.05, 4.69) is 14.8 Å². The van der Waals surface area contributed by atoms with Gasteiger partial charge in [0.15, 0.2) is 0 Å². The van der Waals surface area contributed by atoms with Crippen molar-refractivity contribution in [1.82, 2.24) is 19.4 Å². The number of aromatic nitrogens is 3. The maximum absolute atomic E-state index is 14.4. The fraction of sp³-hybridized carbons (Fsp3) is 0.304. The molecule has 1 saturated heterocycles. The Morgan fingerprint density at radius 2 is 2.16 bits per heavy atom. The minimum Gasteiger partial charge on any atom is -0.481 e. The van der Waals surface area contributed by atoms with Crippen molar-refractivity contribution in [2.45, 2.75) is 25.8 Å². The first kappa shape index (κ1) is 21.5. The zero-order valence-corrected chi connectivity index (χ0v) is 17.9. The number of imidazole rings is 1. The second kappa shape index (κ2) is 8.77. The van der Waals surface area contributed by atoms with Gasteiger partial charge in [-0.3, -0.25) is 9.36 Å². The van der Waals surface area contributed by atoms with Gasteiger partial charge in [-0.1, -0.05) is 12.1 Å². The van der Waals surface area contributed by atoms with Gasteiger partial charge in [0.05, 0.1) is 31.3 Å². The van der Waals surface area contributed by atoms with Gasteiger partial charge < -0.3 is 15.4 Å². The Morgan fingerprint density at radius 1 is 1.34 bits per heavy atom. The number of amides is 1. The zero-order valence-electron chi connectivity index (χ0n) is 17.9. The number of nitrogens with two attached hydrogens (primary N) is 1. The summed E-state index contributed by atoms with van der Waals surface area (Å²) in [6.45, 7) is 9.96. The van der Waals surface area contributed by atoms with Crippen LogP contribution in [-0.4, -0.2) is 51.6 Å². The van der Waals surface area contributed by atoms with Crippen molar-refractivity contribution >= 4 is 11.6 Å². The average molecular weight is 434 g/mol. The summed E-state index contributed by atoms with van der Waals surface area (Å²) in [7, 11) is 1.53. The van der Waals surface area contributed by atoms with Gasteiger partial charge in [-0.05, 0) is 31.9 Å². The Hall–Kier alpha value is -3.77. The number of carbonyl (C=O) groups is 1. The number of halogens is 1. The first-order chi connectivity index (χ1) is 15.4. The van der Waals surface area contributed by atoms with Crippen molar-refractivity contribution in [3.63, 3.8) is 0 Å². The van der Waals surface area contributed by atoms with Crippen molar-refractivity contribution in [2.24, 2.45) is 5.73 Å². The molecule has 4 rings (SSSR count). The highest BCUT2D eigenvalue weighted by Gasteiger charge is 2.28. The molecule has 0 saturated carbocycles. The second-order valence-corrected chi connectivity index (χ2v) is 7.70. The maximum Gasteiger partial charge on any atom is 0.274 e. The molecule has 1 amide bonds. The third-order valence-corrected chi connectivity index (χ3v) is 5.57. The van der Waals surface area contributed by atoms with E-state index in [1.54, 1.807) is 40.8 Å². The molecule has 0 radical (unpaired) electrons. The lowest BCUT2D eigenvalue weighted by Crippen LogP contribution is -2.46. The van der Waals surface area contributed by atoms with Crippen LogP contribution in [0.3, 0.4) is 0 Å². The number of hydrogen-bond acceptors (Lipinski definition) is 5. The molecule has 3 heterocycles.